The molecule has 2 heterocycles. The second kappa shape index (κ2) is 4.80. The van der Waals surface area contributed by atoms with Crippen LogP contribution >= 0.6 is 0 Å². The number of rotatable bonds is 3. The Labute approximate surface area is 116 Å². The summed E-state index contributed by atoms with van der Waals surface area (Å²) in [6.45, 7) is 2.06. The summed E-state index contributed by atoms with van der Waals surface area (Å²) in [5.41, 5.74) is 9.90. The number of H-pyrrole nitrogens is 1. The van der Waals surface area contributed by atoms with Crippen molar-refractivity contribution < 1.29 is 0 Å². The van der Waals surface area contributed by atoms with Crippen molar-refractivity contribution in [3.05, 3.63) is 30.1 Å². The van der Waals surface area contributed by atoms with E-state index in [9.17, 15) is 0 Å². The van der Waals surface area contributed by atoms with E-state index in [0.29, 0.717) is 11.8 Å². The highest BCUT2D eigenvalue weighted by molar-refractivity contribution is 5.87. The van der Waals surface area contributed by atoms with Crippen molar-refractivity contribution in [3.8, 4) is 11.1 Å². The van der Waals surface area contributed by atoms with Gasteiger partial charge in [-0.25, -0.2) is 4.98 Å². The molecule has 102 valence electrons. The van der Waals surface area contributed by atoms with Gasteiger partial charge in [-0.2, -0.15) is 10.1 Å². The average Bonchev–Trinajstić information content (AvgIpc) is 2.93. The molecular weight excluding hydrogens is 252 g/mol. The summed E-state index contributed by atoms with van der Waals surface area (Å²) in [7, 11) is 1.78. The van der Waals surface area contributed by atoms with E-state index < -0.39 is 0 Å². The number of fused-ring (bicyclic) bond motifs is 1. The van der Waals surface area contributed by atoms with Gasteiger partial charge in [0, 0.05) is 18.0 Å². The summed E-state index contributed by atoms with van der Waals surface area (Å²) in [6.07, 6.45) is 2.58. The fraction of sp³-hybridized carbons (Fsp3) is 0.214. The van der Waals surface area contributed by atoms with Crippen molar-refractivity contribution in [3.63, 3.8) is 0 Å². The number of aryl methyl sites for hydroxylation is 1. The van der Waals surface area contributed by atoms with Crippen LogP contribution in [0.1, 0.15) is 12.6 Å². The highest BCUT2D eigenvalue weighted by Crippen LogP contribution is 2.30. The van der Waals surface area contributed by atoms with E-state index in [1.54, 1.807) is 13.2 Å². The SMILES string of the molecule is CCc1nc(NC)nc(N)c1-c1ccc2cn[nH]c2c1. The van der Waals surface area contributed by atoms with Gasteiger partial charge in [-0.05, 0) is 18.1 Å². The fourth-order valence-electron chi connectivity index (χ4n) is 2.30. The van der Waals surface area contributed by atoms with Crippen molar-refractivity contribution >= 4 is 22.7 Å². The topological polar surface area (TPSA) is 92.5 Å². The second-order valence-electron chi connectivity index (χ2n) is 4.53. The van der Waals surface area contributed by atoms with E-state index in [0.717, 1.165) is 34.1 Å². The van der Waals surface area contributed by atoms with E-state index in [1.165, 1.54) is 0 Å². The molecule has 6 heteroatoms. The number of nitrogens with two attached hydrogens (primary N) is 1. The van der Waals surface area contributed by atoms with Crippen molar-refractivity contribution in [2.24, 2.45) is 0 Å². The number of anilines is 2. The lowest BCUT2D eigenvalue weighted by atomic mass is 10.0. The zero-order chi connectivity index (χ0) is 14.1. The number of aromatic amines is 1. The van der Waals surface area contributed by atoms with Gasteiger partial charge in [0.2, 0.25) is 5.95 Å². The number of nitrogens with zero attached hydrogens (tertiary/aromatic N) is 3. The van der Waals surface area contributed by atoms with Crippen LogP contribution in [-0.2, 0) is 6.42 Å². The molecule has 0 radical (unpaired) electrons. The smallest absolute Gasteiger partial charge is 0.224 e. The third-order valence-electron chi connectivity index (χ3n) is 3.30. The van der Waals surface area contributed by atoms with Gasteiger partial charge in [0.1, 0.15) is 5.82 Å². The lowest BCUT2D eigenvalue weighted by Gasteiger charge is -2.12. The molecule has 4 N–H and O–H groups in total. The van der Waals surface area contributed by atoms with E-state index in [2.05, 4.69) is 32.4 Å². The number of nitrogen functional groups attached to an aromatic ring is 1. The van der Waals surface area contributed by atoms with E-state index in [1.807, 2.05) is 18.2 Å². The van der Waals surface area contributed by atoms with Gasteiger partial charge in [0.05, 0.1) is 17.4 Å². The van der Waals surface area contributed by atoms with E-state index in [4.69, 9.17) is 5.73 Å². The van der Waals surface area contributed by atoms with Crippen LogP contribution in [0.25, 0.3) is 22.0 Å². The molecule has 0 aliphatic carbocycles. The molecule has 0 atom stereocenters. The summed E-state index contributed by atoms with van der Waals surface area (Å²) < 4.78 is 0. The average molecular weight is 268 g/mol. The van der Waals surface area contributed by atoms with E-state index >= 15 is 0 Å². The standard InChI is InChI=1S/C14H16N6/c1-3-10-12(13(15)19-14(16-2)18-10)8-4-5-9-7-17-20-11(9)6-8/h4-7H,3H2,1-2H3,(H,17,20)(H3,15,16,18,19). The minimum atomic E-state index is 0.486. The lowest BCUT2D eigenvalue weighted by molar-refractivity contribution is 1.01. The third kappa shape index (κ3) is 1.95. The van der Waals surface area contributed by atoms with Crippen molar-refractivity contribution in [2.45, 2.75) is 13.3 Å². The molecule has 2 aromatic heterocycles. The molecule has 0 amide bonds. The first-order chi connectivity index (χ1) is 9.72. The Balaban J connectivity index is 2.21. The quantitative estimate of drug-likeness (QED) is 0.677. The van der Waals surface area contributed by atoms with Crippen molar-refractivity contribution in [2.75, 3.05) is 18.1 Å². The van der Waals surface area contributed by atoms with Crippen molar-refractivity contribution in [1.82, 2.24) is 20.2 Å². The molecule has 3 rings (SSSR count). The Hall–Kier alpha value is -2.63. The number of benzene rings is 1. The number of aromatic nitrogens is 4. The van der Waals surface area contributed by atoms with Crippen LogP contribution in [0.15, 0.2) is 24.4 Å². The van der Waals surface area contributed by atoms with Gasteiger partial charge < -0.3 is 11.1 Å². The molecule has 0 bridgehead atoms. The van der Waals surface area contributed by atoms with E-state index in [-0.39, 0.29) is 0 Å². The van der Waals surface area contributed by atoms with Crippen LogP contribution in [0.3, 0.4) is 0 Å². The fourth-order valence-corrected chi connectivity index (χ4v) is 2.30. The van der Waals surface area contributed by atoms with Crippen LogP contribution in [0.4, 0.5) is 11.8 Å². The minimum Gasteiger partial charge on any atom is -0.383 e. The molecule has 0 aliphatic heterocycles. The lowest BCUT2D eigenvalue weighted by Crippen LogP contribution is -2.06. The Kier molecular flexibility index (Phi) is 2.98. The van der Waals surface area contributed by atoms with Gasteiger partial charge in [-0.1, -0.05) is 19.1 Å². The van der Waals surface area contributed by atoms with Crippen LogP contribution < -0.4 is 11.1 Å². The largest absolute Gasteiger partial charge is 0.383 e. The Bertz CT molecular complexity index is 761. The maximum Gasteiger partial charge on any atom is 0.224 e. The Morgan fingerprint density at radius 2 is 2.15 bits per heavy atom. The van der Waals surface area contributed by atoms with Gasteiger partial charge in [-0.3, -0.25) is 5.10 Å². The molecule has 3 aromatic rings. The van der Waals surface area contributed by atoms with Crippen LogP contribution in [0, 0.1) is 0 Å². The van der Waals surface area contributed by atoms with Gasteiger partial charge >= 0.3 is 0 Å². The summed E-state index contributed by atoms with van der Waals surface area (Å²) in [6, 6.07) is 6.06. The molecule has 1 aromatic carbocycles. The highest BCUT2D eigenvalue weighted by atomic mass is 15.1. The summed E-state index contributed by atoms with van der Waals surface area (Å²) in [5, 5.41) is 11.0. The Morgan fingerprint density at radius 3 is 2.90 bits per heavy atom. The number of nitrogens with one attached hydrogen (secondary N) is 2. The van der Waals surface area contributed by atoms with Crippen LogP contribution in [0.5, 0.6) is 0 Å². The zero-order valence-corrected chi connectivity index (χ0v) is 11.4. The molecule has 0 spiro atoms. The molecule has 0 saturated carbocycles. The summed E-state index contributed by atoms with van der Waals surface area (Å²) in [4.78, 5) is 8.76. The normalized spacial score (nSPS) is 10.9. The maximum absolute atomic E-state index is 6.11. The number of hydrogen-bond acceptors (Lipinski definition) is 5. The molecule has 0 aliphatic rings. The molecule has 0 unspecified atom stereocenters. The van der Waals surface area contributed by atoms with Gasteiger partial charge in [0.15, 0.2) is 0 Å². The first-order valence-corrected chi connectivity index (χ1v) is 6.50. The monoisotopic (exact) mass is 268 g/mol. The van der Waals surface area contributed by atoms with Gasteiger partial charge in [0.25, 0.3) is 0 Å². The highest BCUT2D eigenvalue weighted by Gasteiger charge is 2.13. The molecule has 6 nitrogen and oxygen atoms in total. The van der Waals surface area contributed by atoms with Gasteiger partial charge in [-0.15, -0.1) is 0 Å². The second-order valence-corrected chi connectivity index (χ2v) is 4.53. The first kappa shape index (κ1) is 12.4. The third-order valence-corrected chi connectivity index (χ3v) is 3.30. The van der Waals surface area contributed by atoms with Crippen molar-refractivity contribution in [1.29, 1.82) is 0 Å². The minimum absolute atomic E-state index is 0.486. The molecule has 0 saturated heterocycles. The Morgan fingerprint density at radius 1 is 1.30 bits per heavy atom. The molecule has 20 heavy (non-hydrogen) atoms. The predicted octanol–water partition coefficient (Wildman–Crippen LogP) is 2.21. The maximum atomic E-state index is 6.11. The summed E-state index contributed by atoms with van der Waals surface area (Å²) >= 11 is 0. The molecular formula is C14H16N6. The predicted molar refractivity (Wildman–Crippen MR) is 80.5 cm³/mol. The van der Waals surface area contributed by atoms with Crippen LogP contribution in [-0.4, -0.2) is 27.2 Å². The number of hydrogen-bond donors (Lipinski definition) is 3. The zero-order valence-electron chi connectivity index (χ0n) is 11.4. The first-order valence-electron chi connectivity index (χ1n) is 6.50. The van der Waals surface area contributed by atoms with Crippen LogP contribution in [0.2, 0.25) is 0 Å². The summed E-state index contributed by atoms with van der Waals surface area (Å²) in [5.74, 6) is 1.03. The molecule has 0 fully saturated rings.